The molecule has 3 heterocycles. The lowest BCUT2D eigenvalue weighted by atomic mass is 9.97. The molecule has 120 valence electrons. The van der Waals surface area contributed by atoms with Crippen molar-refractivity contribution in [2.24, 2.45) is 5.92 Å². The van der Waals surface area contributed by atoms with Crippen LogP contribution >= 0.6 is 0 Å². The van der Waals surface area contributed by atoms with Gasteiger partial charge in [0, 0.05) is 44.5 Å². The van der Waals surface area contributed by atoms with Gasteiger partial charge in [0.2, 0.25) is 5.95 Å². The van der Waals surface area contributed by atoms with E-state index >= 15 is 0 Å². The molecular formula is C18H22N4O. The predicted octanol–water partition coefficient (Wildman–Crippen LogP) is 2.67. The Kier molecular flexibility index (Phi) is 3.95. The van der Waals surface area contributed by atoms with Gasteiger partial charge in [-0.3, -0.25) is 4.98 Å². The molecule has 1 fully saturated rings. The Morgan fingerprint density at radius 2 is 2.00 bits per heavy atom. The molecule has 4 rings (SSSR count). The lowest BCUT2D eigenvalue weighted by Crippen LogP contribution is -2.32. The molecule has 0 aromatic carbocycles. The van der Waals surface area contributed by atoms with Crippen LogP contribution in [0.3, 0.4) is 0 Å². The lowest BCUT2D eigenvalue weighted by Gasteiger charge is -2.29. The van der Waals surface area contributed by atoms with E-state index in [1.165, 1.54) is 29.5 Å². The van der Waals surface area contributed by atoms with Gasteiger partial charge in [-0.15, -0.1) is 0 Å². The molecule has 0 amide bonds. The van der Waals surface area contributed by atoms with Gasteiger partial charge in [-0.25, -0.2) is 9.97 Å². The summed E-state index contributed by atoms with van der Waals surface area (Å²) in [5.74, 6) is 1.60. The number of aryl methyl sites for hydroxylation is 1. The third kappa shape index (κ3) is 3.34. The molecule has 0 unspecified atom stereocenters. The van der Waals surface area contributed by atoms with E-state index in [0.29, 0.717) is 6.61 Å². The highest BCUT2D eigenvalue weighted by molar-refractivity contribution is 5.41. The van der Waals surface area contributed by atoms with E-state index < -0.39 is 0 Å². The normalized spacial score (nSPS) is 17.2. The number of fused-ring (bicyclic) bond motifs is 1. The maximum Gasteiger partial charge on any atom is 0.225 e. The van der Waals surface area contributed by atoms with Crippen molar-refractivity contribution in [2.45, 2.75) is 39.3 Å². The van der Waals surface area contributed by atoms with E-state index in [0.717, 1.165) is 43.5 Å². The van der Waals surface area contributed by atoms with Gasteiger partial charge < -0.3 is 9.64 Å². The Morgan fingerprint density at radius 3 is 2.78 bits per heavy atom. The van der Waals surface area contributed by atoms with Gasteiger partial charge in [0.15, 0.2) is 0 Å². The summed E-state index contributed by atoms with van der Waals surface area (Å²) in [6.07, 6.45) is 11.3. The van der Waals surface area contributed by atoms with Crippen LogP contribution in [0.4, 0.5) is 5.95 Å². The molecule has 5 nitrogen and oxygen atoms in total. The summed E-state index contributed by atoms with van der Waals surface area (Å²) >= 11 is 0. The minimum atomic E-state index is 0.688. The zero-order chi connectivity index (χ0) is 15.6. The molecule has 0 bridgehead atoms. The number of rotatable bonds is 5. The second-order valence-electron chi connectivity index (χ2n) is 6.63. The molecule has 0 atom stereocenters. The summed E-state index contributed by atoms with van der Waals surface area (Å²) in [6, 6.07) is 0. The molecule has 23 heavy (non-hydrogen) atoms. The smallest absolute Gasteiger partial charge is 0.225 e. The largest absolute Gasteiger partial charge is 0.376 e. The van der Waals surface area contributed by atoms with Gasteiger partial charge in [0.1, 0.15) is 0 Å². The van der Waals surface area contributed by atoms with Gasteiger partial charge in [0.05, 0.1) is 6.61 Å². The Morgan fingerprint density at radius 1 is 1.17 bits per heavy atom. The van der Waals surface area contributed by atoms with E-state index in [2.05, 4.69) is 19.9 Å². The summed E-state index contributed by atoms with van der Waals surface area (Å²) in [5.41, 5.74) is 5.00. The molecule has 0 spiro atoms. The number of ether oxygens (including phenoxy) is 1. The number of anilines is 1. The van der Waals surface area contributed by atoms with Crippen LogP contribution in [-0.2, 0) is 24.3 Å². The number of hydrogen-bond donors (Lipinski definition) is 0. The van der Waals surface area contributed by atoms with Crippen LogP contribution in [0.1, 0.15) is 35.1 Å². The molecule has 1 saturated carbocycles. The molecule has 2 aromatic heterocycles. The highest BCUT2D eigenvalue weighted by Gasteiger charge is 2.23. The highest BCUT2D eigenvalue weighted by atomic mass is 16.5. The van der Waals surface area contributed by atoms with E-state index in [-0.39, 0.29) is 0 Å². The van der Waals surface area contributed by atoms with Gasteiger partial charge in [0.25, 0.3) is 0 Å². The fourth-order valence-electron chi connectivity index (χ4n) is 3.03. The molecule has 0 N–H and O–H groups in total. The second-order valence-corrected chi connectivity index (χ2v) is 6.63. The van der Waals surface area contributed by atoms with Crippen LogP contribution in [0.25, 0.3) is 0 Å². The lowest BCUT2D eigenvalue weighted by molar-refractivity contribution is 0.110. The van der Waals surface area contributed by atoms with E-state index in [9.17, 15) is 0 Å². The van der Waals surface area contributed by atoms with E-state index in [4.69, 9.17) is 4.74 Å². The predicted molar refractivity (Wildman–Crippen MR) is 88.1 cm³/mol. The quantitative estimate of drug-likeness (QED) is 0.850. The fraction of sp³-hybridized carbons (Fsp3) is 0.500. The average molecular weight is 310 g/mol. The Balaban J connectivity index is 1.47. The number of hydrogen-bond acceptors (Lipinski definition) is 5. The molecule has 2 aromatic rings. The monoisotopic (exact) mass is 310 g/mol. The summed E-state index contributed by atoms with van der Waals surface area (Å²) in [7, 11) is 0. The van der Waals surface area contributed by atoms with E-state index in [1.54, 1.807) is 0 Å². The Bertz CT molecular complexity index is 682. The first-order valence-electron chi connectivity index (χ1n) is 8.35. The molecule has 0 saturated heterocycles. The first kappa shape index (κ1) is 14.6. The SMILES string of the molecule is Cc1cnc(N2CCc3c(COCC4CC4)cncc3C2)nc1. The minimum absolute atomic E-state index is 0.688. The van der Waals surface area contributed by atoms with Crippen LogP contribution < -0.4 is 4.90 Å². The van der Waals surface area contributed by atoms with Crippen LogP contribution in [0.15, 0.2) is 24.8 Å². The molecular weight excluding hydrogens is 288 g/mol. The summed E-state index contributed by atoms with van der Waals surface area (Å²) < 4.78 is 5.86. The van der Waals surface area contributed by atoms with Crippen molar-refractivity contribution in [1.29, 1.82) is 0 Å². The van der Waals surface area contributed by atoms with Crippen molar-refractivity contribution in [1.82, 2.24) is 15.0 Å². The van der Waals surface area contributed by atoms with Crippen molar-refractivity contribution < 1.29 is 4.74 Å². The van der Waals surface area contributed by atoms with Crippen molar-refractivity contribution in [3.63, 3.8) is 0 Å². The molecule has 1 aliphatic heterocycles. The van der Waals surface area contributed by atoms with Gasteiger partial charge in [-0.1, -0.05) is 0 Å². The van der Waals surface area contributed by atoms with Gasteiger partial charge in [-0.2, -0.15) is 0 Å². The van der Waals surface area contributed by atoms with Crippen molar-refractivity contribution in [2.75, 3.05) is 18.1 Å². The third-order valence-corrected chi connectivity index (χ3v) is 4.59. The van der Waals surface area contributed by atoms with Crippen molar-refractivity contribution >= 4 is 5.95 Å². The molecule has 0 radical (unpaired) electrons. The summed E-state index contributed by atoms with van der Waals surface area (Å²) in [6.45, 7) is 5.35. The van der Waals surface area contributed by atoms with Crippen molar-refractivity contribution in [3.05, 3.63) is 47.0 Å². The highest BCUT2D eigenvalue weighted by Crippen LogP contribution is 2.30. The average Bonchev–Trinajstić information content (AvgIpc) is 3.39. The topological polar surface area (TPSA) is 51.1 Å². The molecule has 5 heteroatoms. The minimum Gasteiger partial charge on any atom is -0.376 e. The second kappa shape index (κ2) is 6.24. The standard InChI is InChI=1S/C18H22N4O/c1-13-6-20-18(21-7-13)22-5-4-17-15(10-22)8-19-9-16(17)12-23-11-14-2-3-14/h6-9,14H,2-5,10-12H2,1H3. The summed E-state index contributed by atoms with van der Waals surface area (Å²) in [5, 5.41) is 0. The Labute approximate surface area is 136 Å². The summed E-state index contributed by atoms with van der Waals surface area (Å²) in [4.78, 5) is 15.5. The first-order chi connectivity index (χ1) is 11.3. The van der Waals surface area contributed by atoms with Crippen LogP contribution in [0, 0.1) is 12.8 Å². The number of aromatic nitrogens is 3. The number of nitrogens with zero attached hydrogens (tertiary/aromatic N) is 4. The Hall–Kier alpha value is -2.01. The maximum atomic E-state index is 5.86. The van der Waals surface area contributed by atoms with Gasteiger partial charge in [-0.05, 0) is 54.4 Å². The van der Waals surface area contributed by atoms with Crippen LogP contribution in [0.2, 0.25) is 0 Å². The first-order valence-corrected chi connectivity index (χ1v) is 8.35. The number of pyridine rings is 1. The van der Waals surface area contributed by atoms with Crippen LogP contribution in [-0.4, -0.2) is 28.1 Å². The zero-order valence-electron chi connectivity index (χ0n) is 13.5. The van der Waals surface area contributed by atoms with Crippen molar-refractivity contribution in [3.8, 4) is 0 Å². The third-order valence-electron chi connectivity index (χ3n) is 4.59. The fourth-order valence-corrected chi connectivity index (χ4v) is 3.03. The molecule has 1 aliphatic carbocycles. The zero-order valence-corrected chi connectivity index (χ0v) is 13.5. The molecule has 2 aliphatic rings. The van der Waals surface area contributed by atoms with Crippen LogP contribution in [0.5, 0.6) is 0 Å². The van der Waals surface area contributed by atoms with E-state index in [1.807, 2.05) is 31.7 Å². The maximum absolute atomic E-state index is 5.86. The van der Waals surface area contributed by atoms with Gasteiger partial charge >= 0.3 is 0 Å².